The highest BCUT2D eigenvalue weighted by Crippen LogP contribution is 2.51. The van der Waals surface area contributed by atoms with E-state index in [2.05, 4.69) is 34.9 Å². The quantitative estimate of drug-likeness (QED) is 0.880. The molecular weight excluding hydrogens is 316 g/mol. The third-order valence-electron chi connectivity index (χ3n) is 6.32. The van der Waals surface area contributed by atoms with Gasteiger partial charge in [-0.05, 0) is 49.9 Å². The summed E-state index contributed by atoms with van der Waals surface area (Å²) in [6, 6.07) is 8.51. The summed E-state index contributed by atoms with van der Waals surface area (Å²) in [7, 11) is 1.79. The summed E-state index contributed by atoms with van der Waals surface area (Å²) in [5.41, 5.74) is 2.60. The summed E-state index contributed by atoms with van der Waals surface area (Å²) in [5.74, 6) is 0.208. The molecule has 5 heteroatoms. The summed E-state index contributed by atoms with van der Waals surface area (Å²) >= 11 is 0. The second-order valence-corrected chi connectivity index (χ2v) is 7.52. The molecule has 1 aromatic rings. The smallest absolute Gasteiger partial charge is 0.223 e. The number of rotatable bonds is 3. The van der Waals surface area contributed by atoms with Crippen LogP contribution in [0.1, 0.15) is 42.9 Å². The van der Waals surface area contributed by atoms with Crippen molar-refractivity contribution in [3.05, 3.63) is 35.4 Å². The van der Waals surface area contributed by atoms with Crippen LogP contribution in [0.2, 0.25) is 0 Å². The number of piperidine rings is 1. The van der Waals surface area contributed by atoms with Crippen LogP contribution in [0.25, 0.3) is 0 Å². The first-order valence-electron chi connectivity index (χ1n) is 9.47. The largest absolute Gasteiger partial charge is 0.381 e. The highest BCUT2D eigenvalue weighted by atomic mass is 16.5. The van der Waals surface area contributed by atoms with Gasteiger partial charge in [-0.2, -0.15) is 0 Å². The molecule has 5 nitrogen and oxygen atoms in total. The van der Waals surface area contributed by atoms with E-state index in [9.17, 15) is 4.79 Å². The van der Waals surface area contributed by atoms with Crippen LogP contribution >= 0.6 is 0 Å². The second kappa shape index (κ2) is 7.06. The van der Waals surface area contributed by atoms with Crippen LogP contribution in [0.4, 0.5) is 0 Å². The number of hydrogen-bond acceptors (Lipinski definition) is 4. The highest BCUT2D eigenvalue weighted by Gasteiger charge is 2.53. The Bertz CT molecular complexity index is 621. The van der Waals surface area contributed by atoms with Gasteiger partial charge in [0.15, 0.2) is 0 Å². The second-order valence-electron chi connectivity index (χ2n) is 7.52. The van der Waals surface area contributed by atoms with Gasteiger partial charge >= 0.3 is 0 Å². The first-order valence-corrected chi connectivity index (χ1v) is 9.47. The van der Waals surface area contributed by atoms with Crippen LogP contribution in [0, 0.1) is 5.92 Å². The van der Waals surface area contributed by atoms with Gasteiger partial charge in [0, 0.05) is 31.7 Å². The maximum Gasteiger partial charge on any atom is 0.223 e. The van der Waals surface area contributed by atoms with E-state index in [1.165, 1.54) is 11.1 Å². The zero-order chi connectivity index (χ0) is 17.3. The summed E-state index contributed by atoms with van der Waals surface area (Å²) in [6.07, 6.45) is 3.72. The normalized spacial score (nSPS) is 28.7. The van der Waals surface area contributed by atoms with E-state index in [0.29, 0.717) is 13.2 Å². The summed E-state index contributed by atoms with van der Waals surface area (Å²) in [6.45, 7) is 3.36. The van der Waals surface area contributed by atoms with Crippen LogP contribution in [-0.4, -0.2) is 45.4 Å². The van der Waals surface area contributed by atoms with Gasteiger partial charge in [-0.15, -0.1) is 0 Å². The molecular formula is C20H28N2O3. The summed E-state index contributed by atoms with van der Waals surface area (Å²) in [5, 5.41) is 6.80. The van der Waals surface area contributed by atoms with Crippen molar-refractivity contribution in [2.45, 2.75) is 43.2 Å². The number of hydrogen-bond donors (Lipinski definition) is 2. The molecule has 2 fully saturated rings. The number of ether oxygens (including phenoxy) is 2. The molecule has 2 atom stereocenters. The maximum absolute atomic E-state index is 12.9. The Labute approximate surface area is 149 Å². The van der Waals surface area contributed by atoms with Crippen molar-refractivity contribution in [2.75, 3.05) is 33.4 Å². The van der Waals surface area contributed by atoms with Gasteiger partial charge in [0.05, 0.1) is 12.1 Å². The topological polar surface area (TPSA) is 59.6 Å². The zero-order valence-corrected chi connectivity index (χ0v) is 14.9. The molecule has 3 aliphatic rings. The number of fused-ring (bicyclic) bond motifs is 2. The third-order valence-corrected chi connectivity index (χ3v) is 6.32. The average molecular weight is 344 g/mol. The van der Waals surface area contributed by atoms with E-state index >= 15 is 0 Å². The predicted octanol–water partition coefficient (Wildman–Crippen LogP) is 1.92. The molecule has 2 heterocycles. The minimum absolute atomic E-state index is 0.00390. The Kier molecular flexibility index (Phi) is 4.80. The Morgan fingerprint density at radius 1 is 1.24 bits per heavy atom. The molecule has 0 radical (unpaired) electrons. The molecule has 4 rings (SSSR count). The molecule has 0 aromatic heterocycles. The Morgan fingerprint density at radius 2 is 1.96 bits per heavy atom. The number of methoxy groups -OCH3 is 1. The van der Waals surface area contributed by atoms with Crippen LogP contribution in [0.5, 0.6) is 0 Å². The molecule has 25 heavy (non-hydrogen) atoms. The number of nitrogens with one attached hydrogen (secondary N) is 2. The van der Waals surface area contributed by atoms with Crippen molar-refractivity contribution in [3.63, 3.8) is 0 Å². The number of carbonyl (C=O) groups is 1. The lowest BCUT2D eigenvalue weighted by Crippen LogP contribution is -2.50. The van der Waals surface area contributed by atoms with E-state index in [0.717, 1.165) is 38.8 Å². The Hall–Kier alpha value is -1.43. The molecule has 1 amide bonds. The van der Waals surface area contributed by atoms with E-state index < -0.39 is 0 Å². The van der Waals surface area contributed by atoms with Crippen LogP contribution < -0.4 is 10.6 Å². The van der Waals surface area contributed by atoms with Crippen molar-refractivity contribution < 1.29 is 14.3 Å². The summed E-state index contributed by atoms with van der Waals surface area (Å²) in [4.78, 5) is 12.9. The van der Waals surface area contributed by atoms with Gasteiger partial charge in [-0.1, -0.05) is 24.3 Å². The van der Waals surface area contributed by atoms with Gasteiger partial charge < -0.3 is 20.1 Å². The van der Waals surface area contributed by atoms with Gasteiger partial charge in [0.1, 0.15) is 0 Å². The van der Waals surface area contributed by atoms with E-state index in [-0.39, 0.29) is 29.4 Å². The Morgan fingerprint density at radius 3 is 2.68 bits per heavy atom. The molecule has 2 aliphatic heterocycles. The fraction of sp³-hybridized carbons (Fsp3) is 0.650. The van der Waals surface area contributed by atoms with Crippen molar-refractivity contribution in [2.24, 2.45) is 5.92 Å². The average Bonchev–Trinajstić information content (AvgIpc) is 2.92. The first-order chi connectivity index (χ1) is 12.3. The Balaban J connectivity index is 1.63. The van der Waals surface area contributed by atoms with Gasteiger partial charge in [0.25, 0.3) is 0 Å². The lowest BCUT2D eigenvalue weighted by atomic mass is 9.72. The minimum Gasteiger partial charge on any atom is -0.381 e. The predicted molar refractivity (Wildman–Crippen MR) is 95.4 cm³/mol. The molecule has 1 aliphatic carbocycles. The number of amides is 1. The third kappa shape index (κ3) is 2.88. The molecule has 136 valence electrons. The monoisotopic (exact) mass is 344 g/mol. The molecule has 0 unspecified atom stereocenters. The van der Waals surface area contributed by atoms with Crippen molar-refractivity contribution in [1.29, 1.82) is 0 Å². The number of carbonyl (C=O) groups excluding carboxylic acids is 1. The van der Waals surface area contributed by atoms with Crippen molar-refractivity contribution in [1.82, 2.24) is 10.6 Å². The van der Waals surface area contributed by atoms with Crippen molar-refractivity contribution in [3.8, 4) is 0 Å². The van der Waals surface area contributed by atoms with Gasteiger partial charge in [-0.25, -0.2) is 0 Å². The first kappa shape index (κ1) is 17.0. The van der Waals surface area contributed by atoms with Crippen LogP contribution in [0.3, 0.4) is 0 Å². The lowest BCUT2D eigenvalue weighted by Gasteiger charge is -2.40. The van der Waals surface area contributed by atoms with Crippen LogP contribution in [0.15, 0.2) is 24.3 Å². The molecule has 1 spiro atoms. The fourth-order valence-corrected chi connectivity index (χ4v) is 5.03. The van der Waals surface area contributed by atoms with Gasteiger partial charge in [0.2, 0.25) is 5.91 Å². The van der Waals surface area contributed by atoms with Crippen molar-refractivity contribution >= 4 is 5.91 Å². The molecule has 2 N–H and O–H groups in total. The van der Waals surface area contributed by atoms with Crippen LogP contribution in [-0.2, 0) is 19.7 Å². The zero-order valence-electron chi connectivity index (χ0n) is 14.9. The summed E-state index contributed by atoms with van der Waals surface area (Å²) < 4.78 is 11.4. The molecule has 1 aromatic carbocycles. The minimum atomic E-state index is -0.0605. The SMILES string of the molecule is CO[C@H]1[C@H](NC(=O)C2CCOCC2)c2ccccc2C12CCNCC2. The fourth-order valence-electron chi connectivity index (χ4n) is 5.03. The van der Waals surface area contributed by atoms with E-state index in [1.807, 2.05) is 0 Å². The van der Waals surface area contributed by atoms with E-state index in [1.54, 1.807) is 7.11 Å². The van der Waals surface area contributed by atoms with Gasteiger partial charge in [-0.3, -0.25) is 4.79 Å². The maximum atomic E-state index is 12.9. The molecule has 2 saturated heterocycles. The standard InChI is InChI=1S/C20H28N2O3/c1-24-18-17(22-19(23)14-6-12-25-13-7-14)15-4-2-3-5-16(15)20(18)8-10-21-11-9-20/h2-5,14,17-18,21H,6-13H2,1H3,(H,22,23)/t17-,18+/m1/s1. The van der Waals surface area contributed by atoms with E-state index in [4.69, 9.17) is 9.47 Å². The lowest BCUT2D eigenvalue weighted by molar-refractivity contribution is -0.130. The number of benzene rings is 1. The highest BCUT2D eigenvalue weighted by molar-refractivity contribution is 5.79. The molecule has 0 saturated carbocycles. The molecule has 0 bridgehead atoms.